The molecule has 21 heavy (non-hydrogen) atoms. The predicted molar refractivity (Wildman–Crippen MR) is 78.3 cm³/mol. The number of para-hydroxylation sites is 2. The van der Waals surface area contributed by atoms with Gasteiger partial charge in [0.2, 0.25) is 0 Å². The molecule has 0 saturated heterocycles. The van der Waals surface area contributed by atoms with E-state index < -0.39 is 11.7 Å². The largest absolute Gasteiger partial charge is 0.416 e. The van der Waals surface area contributed by atoms with Gasteiger partial charge in [0.25, 0.3) is 0 Å². The van der Waals surface area contributed by atoms with Gasteiger partial charge in [0.1, 0.15) is 11.0 Å². The molecule has 1 heterocycles. The van der Waals surface area contributed by atoms with Crippen molar-refractivity contribution in [3.63, 3.8) is 0 Å². The van der Waals surface area contributed by atoms with Crippen molar-refractivity contribution in [1.29, 1.82) is 0 Å². The topological polar surface area (TPSA) is 28.2 Å². The number of alkyl halides is 3. The Balaban J connectivity index is 2.39. The zero-order valence-corrected chi connectivity index (χ0v) is 12.1. The van der Waals surface area contributed by atoms with Gasteiger partial charge in [-0.3, -0.25) is 0 Å². The summed E-state index contributed by atoms with van der Waals surface area (Å²) in [6.45, 7) is 0. The van der Waals surface area contributed by atoms with Crippen molar-refractivity contribution in [3.05, 3.63) is 47.1 Å². The molecule has 2 aromatic rings. The second-order valence-electron chi connectivity index (χ2n) is 4.60. The fourth-order valence-corrected chi connectivity index (χ4v) is 2.04. The summed E-state index contributed by atoms with van der Waals surface area (Å²) in [7, 11) is 3.68. The molecule has 2 rings (SSSR count). The van der Waals surface area contributed by atoms with Crippen LogP contribution < -0.4 is 10.2 Å². The summed E-state index contributed by atoms with van der Waals surface area (Å²) in [6, 6.07) is 8.95. The third-order valence-corrected chi connectivity index (χ3v) is 2.96. The van der Waals surface area contributed by atoms with Gasteiger partial charge in [0, 0.05) is 14.1 Å². The molecule has 0 amide bonds. The van der Waals surface area contributed by atoms with E-state index in [0.29, 0.717) is 5.69 Å². The smallest absolute Gasteiger partial charge is 0.376 e. The van der Waals surface area contributed by atoms with Gasteiger partial charge in [0.15, 0.2) is 0 Å². The van der Waals surface area contributed by atoms with Crippen LogP contribution in [0.1, 0.15) is 5.56 Å². The fraction of sp³-hybridized carbons (Fsp3) is 0.214. The molecular weight excluding hydrogens is 303 g/mol. The van der Waals surface area contributed by atoms with Gasteiger partial charge in [0.05, 0.1) is 16.9 Å². The van der Waals surface area contributed by atoms with E-state index in [1.165, 1.54) is 0 Å². The SMILES string of the molecule is CN(C)c1ccccc1Nc1cc(C(F)(F)F)cc(Cl)n1. The molecule has 1 N–H and O–H groups in total. The van der Waals surface area contributed by atoms with Crippen molar-refractivity contribution in [3.8, 4) is 0 Å². The number of nitrogens with one attached hydrogen (secondary N) is 1. The lowest BCUT2D eigenvalue weighted by atomic mass is 10.2. The van der Waals surface area contributed by atoms with Crippen molar-refractivity contribution in [2.45, 2.75) is 6.18 Å². The minimum atomic E-state index is -4.47. The highest BCUT2D eigenvalue weighted by Gasteiger charge is 2.31. The quantitative estimate of drug-likeness (QED) is 0.841. The van der Waals surface area contributed by atoms with Crippen LogP contribution in [0.5, 0.6) is 0 Å². The highest BCUT2D eigenvalue weighted by Crippen LogP contribution is 2.33. The zero-order chi connectivity index (χ0) is 15.6. The number of hydrogen-bond donors (Lipinski definition) is 1. The van der Waals surface area contributed by atoms with Gasteiger partial charge in [-0.2, -0.15) is 13.2 Å². The number of anilines is 3. The number of hydrogen-bond acceptors (Lipinski definition) is 3. The van der Waals surface area contributed by atoms with E-state index in [-0.39, 0.29) is 11.0 Å². The zero-order valence-electron chi connectivity index (χ0n) is 11.4. The molecular formula is C14H13ClF3N3. The third-order valence-electron chi connectivity index (χ3n) is 2.77. The summed E-state index contributed by atoms with van der Waals surface area (Å²) in [5.74, 6) is 0.0455. The molecule has 7 heteroatoms. The first kappa shape index (κ1) is 15.4. The van der Waals surface area contributed by atoms with Crippen molar-refractivity contribution >= 4 is 28.8 Å². The van der Waals surface area contributed by atoms with Crippen LogP contribution in [0.4, 0.5) is 30.4 Å². The fourth-order valence-electron chi connectivity index (χ4n) is 1.83. The molecule has 0 aliphatic heterocycles. The summed E-state index contributed by atoms with van der Waals surface area (Å²) in [4.78, 5) is 5.72. The van der Waals surface area contributed by atoms with Crippen LogP contribution in [0, 0.1) is 0 Å². The standard InChI is InChI=1S/C14H13ClF3N3/c1-21(2)11-6-4-3-5-10(11)19-13-8-9(14(16,17)18)7-12(15)20-13/h3-8H,1-2H3,(H,19,20). The molecule has 3 nitrogen and oxygen atoms in total. The van der Waals surface area contributed by atoms with Crippen LogP contribution >= 0.6 is 11.6 Å². The molecule has 0 atom stereocenters. The summed E-state index contributed by atoms with van der Waals surface area (Å²) in [5.41, 5.74) is 0.630. The van der Waals surface area contributed by atoms with Crippen LogP contribution in [0.3, 0.4) is 0 Å². The van der Waals surface area contributed by atoms with Crippen LogP contribution in [-0.4, -0.2) is 19.1 Å². The maximum atomic E-state index is 12.8. The van der Waals surface area contributed by atoms with Gasteiger partial charge < -0.3 is 10.2 Å². The molecule has 112 valence electrons. The van der Waals surface area contributed by atoms with Gasteiger partial charge in [-0.1, -0.05) is 23.7 Å². The van der Waals surface area contributed by atoms with Crippen molar-refractivity contribution < 1.29 is 13.2 Å². The van der Waals surface area contributed by atoms with Gasteiger partial charge in [-0.25, -0.2) is 4.98 Å². The molecule has 0 spiro atoms. The second kappa shape index (κ2) is 5.81. The van der Waals surface area contributed by atoms with E-state index in [4.69, 9.17) is 11.6 Å². The Kier molecular flexibility index (Phi) is 4.27. The van der Waals surface area contributed by atoms with Gasteiger partial charge >= 0.3 is 6.18 Å². The molecule has 0 aliphatic carbocycles. The van der Waals surface area contributed by atoms with Crippen LogP contribution in [0.15, 0.2) is 36.4 Å². The molecule has 0 fully saturated rings. The molecule has 1 aromatic carbocycles. The van der Waals surface area contributed by atoms with Crippen LogP contribution in [0.25, 0.3) is 0 Å². The van der Waals surface area contributed by atoms with E-state index >= 15 is 0 Å². The predicted octanol–water partition coefficient (Wildman–Crippen LogP) is 4.56. The second-order valence-corrected chi connectivity index (χ2v) is 4.99. The molecule has 0 radical (unpaired) electrons. The van der Waals surface area contributed by atoms with E-state index in [1.807, 2.05) is 31.1 Å². The molecule has 0 unspecified atom stereocenters. The van der Waals surface area contributed by atoms with Crippen molar-refractivity contribution in [1.82, 2.24) is 4.98 Å². The van der Waals surface area contributed by atoms with E-state index in [9.17, 15) is 13.2 Å². The Morgan fingerprint density at radius 2 is 1.81 bits per heavy atom. The lowest BCUT2D eigenvalue weighted by molar-refractivity contribution is -0.137. The number of benzene rings is 1. The molecule has 0 saturated carbocycles. The number of nitrogens with zero attached hydrogens (tertiary/aromatic N) is 2. The van der Waals surface area contributed by atoms with E-state index in [2.05, 4.69) is 10.3 Å². The normalized spacial score (nSPS) is 11.3. The van der Waals surface area contributed by atoms with Crippen LogP contribution in [0.2, 0.25) is 5.15 Å². The molecule has 1 aromatic heterocycles. The summed E-state index contributed by atoms with van der Waals surface area (Å²) < 4.78 is 38.3. The number of aromatic nitrogens is 1. The Morgan fingerprint density at radius 1 is 1.14 bits per heavy atom. The van der Waals surface area contributed by atoms with Crippen molar-refractivity contribution in [2.24, 2.45) is 0 Å². The molecule has 0 aliphatic rings. The lowest BCUT2D eigenvalue weighted by Crippen LogP contribution is -2.11. The number of halogens is 4. The monoisotopic (exact) mass is 315 g/mol. The maximum Gasteiger partial charge on any atom is 0.416 e. The average Bonchev–Trinajstić information content (AvgIpc) is 2.37. The first-order valence-corrected chi connectivity index (χ1v) is 6.43. The molecule has 0 bridgehead atoms. The van der Waals surface area contributed by atoms with E-state index in [1.54, 1.807) is 12.1 Å². The van der Waals surface area contributed by atoms with Gasteiger partial charge in [-0.15, -0.1) is 0 Å². The Morgan fingerprint density at radius 3 is 2.43 bits per heavy atom. The number of rotatable bonds is 3. The Bertz CT molecular complexity index is 642. The average molecular weight is 316 g/mol. The Labute approximate surface area is 125 Å². The third kappa shape index (κ3) is 3.78. The summed E-state index contributed by atoms with van der Waals surface area (Å²) in [6.07, 6.45) is -4.47. The Hall–Kier alpha value is -1.95. The van der Waals surface area contributed by atoms with Crippen LogP contribution in [-0.2, 0) is 6.18 Å². The summed E-state index contributed by atoms with van der Waals surface area (Å²) >= 11 is 5.66. The minimum absolute atomic E-state index is 0.0455. The lowest BCUT2D eigenvalue weighted by Gasteiger charge is -2.18. The van der Waals surface area contributed by atoms with Crippen molar-refractivity contribution in [2.75, 3.05) is 24.3 Å². The summed E-state index contributed by atoms with van der Waals surface area (Å²) in [5, 5.41) is 2.66. The van der Waals surface area contributed by atoms with E-state index in [0.717, 1.165) is 17.8 Å². The minimum Gasteiger partial charge on any atom is -0.376 e. The number of pyridine rings is 1. The maximum absolute atomic E-state index is 12.8. The first-order valence-electron chi connectivity index (χ1n) is 6.05. The first-order chi connectivity index (χ1) is 9.77. The highest BCUT2D eigenvalue weighted by molar-refractivity contribution is 6.29. The highest BCUT2D eigenvalue weighted by atomic mass is 35.5. The van der Waals surface area contributed by atoms with Gasteiger partial charge in [-0.05, 0) is 24.3 Å².